The van der Waals surface area contributed by atoms with Gasteiger partial charge < -0.3 is 4.74 Å². The Balaban J connectivity index is 3.05. The van der Waals surface area contributed by atoms with E-state index in [4.69, 9.17) is 4.74 Å². The maximum absolute atomic E-state index is 10.3. The molecule has 0 aliphatic heterocycles. The highest BCUT2D eigenvalue weighted by Gasteiger charge is 2.14. The molecule has 0 saturated carbocycles. The number of carbonyl (C=O) groups excluding carboxylic acids is 1. The zero-order valence-corrected chi connectivity index (χ0v) is 9.23. The molecule has 15 heavy (non-hydrogen) atoms. The highest BCUT2D eigenvalue weighted by Crippen LogP contribution is 2.27. The van der Waals surface area contributed by atoms with Gasteiger partial charge in [0.25, 0.3) is 0 Å². The average molecular weight is 205 g/mol. The van der Waals surface area contributed by atoms with Crippen LogP contribution in [0.2, 0.25) is 0 Å². The van der Waals surface area contributed by atoms with Crippen molar-refractivity contribution in [2.75, 3.05) is 7.11 Å². The molecule has 1 aromatic carbocycles. The third-order valence-corrected chi connectivity index (χ3v) is 2.26. The van der Waals surface area contributed by atoms with Gasteiger partial charge in [0.15, 0.2) is 0 Å². The standard InChI is InChI=1S/C12H15NO2/c1-9(2)12(13-8-14)10-5-4-6-11(7-10)15-3/h4-7,9,12H,1-3H3. The number of benzene rings is 1. The molecule has 3 nitrogen and oxygen atoms in total. The van der Waals surface area contributed by atoms with Gasteiger partial charge in [0.05, 0.1) is 13.2 Å². The Bertz CT molecular complexity index is 368. The predicted molar refractivity (Wildman–Crippen MR) is 58.7 cm³/mol. The van der Waals surface area contributed by atoms with E-state index in [1.54, 1.807) is 13.2 Å². The molecule has 1 atom stereocenters. The van der Waals surface area contributed by atoms with Gasteiger partial charge in [0.2, 0.25) is 6.08 Å². The monoisotopic (exact) mass is 205 g/mol. The van der Waals surface area contributed by atoms with Crippen LogP contribution in [-0.4, -0.2) is 13.2 Å². The van der Waals surface area contributed by atoms with Crippen LogP contribution >= 0.6 is 0 Å². The fourth-order valence-corrected chi connectivity index (χ4v) is 1.49. The summed E-state index contributed by atoms with van der Waals surface area (Å²) in [4.78, 5) is 14.1. The number of rotatable bonds is 4. The minimum absolute atomic E-state index is 0.141. The fourth-order valence-electron chi connectivity index (χ4n) is 1.49. The Morgan fingerprint density at radius 2 is 2.13 bits per heavy atom. The summed E-state index contributed by atoms with van der Waals surface area (Å²) in [6.45, 7) is 4.04. The van der Waals surface area contributed by atoms with Crippen molar-refractivity contribution >= 4 is 6.08 Å². The highest BCUT2D eigenvalue weighted by atomic mass is 16.5. The number of hydrogen-bond donors (Lipinski definition) is 0. The molecule has 0 saturated heterocycles. The maximum Gasteiger partial charge on any atom is 0.235 e. The number of isocyanates is 1. The molecule has 0 N–H and O–H groups in total. The molecular formula is C12H15NO2. The van der Waals surface area contributed by atoms with E-state index >= 15 is 0 Å². The number of methoxy groups -OCH3 is 1. The topological polar surface area (TPSA) is 38.7 Å². The van der Waals surface area contributed by atoms with Crippen molar-refractivity contribution in [2.24, 2.45) is 10.9 Å². The number of nitrogens with zero attached hydrogens (tertiary/aromatic N) is 1. The Kier molecular flexibility index (Phi) is 4.07. The quantitative estimate of drug-likeness (QED) is 0.560. The highest BCUT2D eigenvalue weighted by molar-refractivity contribution is 5.37. The summed E-state index contributed by atoms with van der Waals surface area (Å²) in [6, 6.07) is 7.45. The minimum Gasteiger partial charge on any atom is -0.497 e. The molecule has 0 aromatic heterocycles. The van der Waals surface area contributed by atoms with Crippen LogP contribution in [0.15, 0.2) is 29.3 Å². The molecule has 0 fully saturated rings. The number of aliphatic imine (C=N–C) groups is 1. The van der Waals surface area contributed by atoms with Crippen molar-refractivity contribution in [2.45, 2.75) is 19.9 Å². The molecule has 0 radical (unpaired) electrons. The Morgan fingerprint density at radius 3 is 2.67 bits per heavy atom. The van der Waals surface area contributed by atoms with E-state index in [2.05, 4.69) is 4.99 Å². The molecule has 0 amide bonds. The van der Waals surface area contributed by atoms with Crippen molar-refractivity contribution in [3.05, 3.63) is 29.8 Å². The van der Waals surface area contributed by atoms with Crippen molar-refractivity contribution in [1.82, 2.24) is 0 Å². The van der Waals surface area contributed by atoms with E-state index < -0.39 is 0 Å². The van der Waals surface area contributed by atoms with Gasteiger partial charge in [-0.3, -0.25) is 0 Å². The third kappa shape index (κ3) is 2.93. The van der Waals surface area contributed by atoms with Gasteiger partial charge in [-0.15, -0.1) is 0 Å². The molecule has 80 valence electrons. The Morgan fingerprint density at radius 1 is 1.40 bits per heavy atom. The summed E-state index contributed by atoms with van der Waals surface area (Å²) >= 11 is 0. The van der Waals surface area contributed by atoms with Gasteiger partial charge in [-0.25, -0.2) is 4.79 Å². The van der Waals surface area contributed by atoms with Gasteiger partial charge in [0, 0.05) is 0 Å². The van der Waals surface area contributed by atoms with Crippen molar-refractivity contribution in [1.29, 1.82) is 0 Å². The SMILES string of the molecule is COc1cccc(C(N=C=O)C(C)C)c1. The maximum atomic E-state index is 10.3. The first kappa shape index (κ1) is 11.5. The normalized spacial score (nSPS) is 12.0. The smallest absolute Gasteiger partial charge is 0.235 e. The summed E-state index contributed by atoms with van der Waals surface area (Å²) in [5.74, 6) is 1.04. The summed E-state index contributed by atoms with van der Waals surface area (Å²) in [7, 11) is 1.62. The summed E-state index contributed by atoms with van der Waals surface area (Å²) in [5.41, 5.74) is 0.979. The second kappa shape index (κ2) is 5.32. The van der Waals surface area contributed by atoms with Crippen LogP contribution in [-0.2, 0) is 4.79 Å². The molecule has 0 spiro atoms. The summed E-state index contributed by atoms with van der Waals surface area (Å²) < 4.78 is 5.12. The van der Waals surface area contributed by atoms with E-state index in [1.807, 2.05) is 38.1 Å². The average Bonchev–Trinajstić information content (AvgIpc) is 2.25. The number of ether oxygens (including phenoxy) is 1. The lowest BCUT2D eigenvalue weighted by Gasteiger charge is -2.15. The molecule has 1 unspecified atom stereocenters. The zero-order chi connectivity index (χ0) is 11.3. The van der Waals surface area contributed by atoms with E-state index in [0.717, 1.165) is 11.3 Å². The number of hydrogen-bond acceptors (Lipinski definition) is 3. The van der Waals surface area contributed by atoms with Crippen LogP contribution in [0.1, 0.15) is 25.5 Å². The van der Waals surface area contributed by atoms with Gasteiger partial charge >= 0.3 is 0 Å². The second-order valence-electron chi connectivity index (χ2n) is 3.69. The van der Waals surface area contributed by atoms with Crippen LogP contribution in [0.3, 0.4) is 0 Å². The van der Waals surface area contributed by atoms with Crippen LogP contribution in [0, 0.1) is 5.92 Å². The van der Waals surface area contributed by atoms with Crippen molar-refractivity contribution < 1.29 is 9.53 Å². The molecule has 1 rings (SSSR count). The first-order valence-electron chi connectivity index (χ1n) is 4.90. The van der Waals surface area contributed by atoms with Gasteiger partial charge in [-0.1, -0.05) is 26.0 Å². The lowest BCUT2D eigenvalue weighted by Crippen LogP contribution is -2.03. The van der Waals surface area contributed by atoms with Gasteiger partial charge in [-0.2, -0.15) is 4.99 Å². The van der Waals surface area contributed by atoms with Crippen LogP contribution < -0.4 is 4.74 Å². The molecule has 0 aliphatic rings. The zero-order valence-electron chi connectivity index (χ0n) is 9.23. The lowest BCUT2D eigenvalue weighted by atomic mass is 9.97. The Hall–Kier alpha value is -1.60. The summed E-state index contributed by atoms with van der Waals surface area (Å²) in [6.07, 6.45) is 1.62. The third-order valence-electron chi connectivity index (χ3n) is 2.26. The van der Waals surface area contributed by atoms with Crippen LogP contribution in [0.25, 0.3) is 0 Å². The molecule has 0 bridgehead atoms. The molecule has 0 heterocycles. The van der Waals surface area contributed by atoms with Gasteiger partial charge in [-0.05, 0) is 23.6 Å². The Labute approximate surface area is 89.8 Å². The first-order valence-corrected chi connectivity index (χ1v) is 4.90. The second-order valence-corrected chi connectivity index (χ2v) is 3.69. The van der Waals surface area contributed by atoms with Crippen molar-refractivity contribution in [3.63, 3.8) is 0 Å². The largest absolute Gasteiger partial charge is 0.497 e. The molecule has 1 aromatic rings. The van der Waals surface area contributed by atoms with E-state index in [1.165, 1.54) is 0 Å². The van der Waals surface area contributed by atoms with Crippen LogP contribution in [0.5, 0.6) is 5.75 Å². The molecule has 0 aliphatic carbocycles. The summed E-state index contributed by atoms with van der Waals surface area (Å²) in [5, 5.41) is 0. The van der Waals surface area contributed by atoms with E-state index in [9.17, 15) is 4.79 Å². The van der Waals surface area contributed by atoms with E-state index in [0.29, 0.717) is 0 Å². The molecular weight excluding hydrogens is 190 g/mol. The molecule has 3 heteroatoms. The minimum atomic E-state index is -0.141. The first-order chi connectivity index (χ1) is 7.19. The lowest BCUT2D eigenvalue weighted by molar-refractivity contribution is 0.412. The van der Waals surface area contributed by atoms with Crippen LogP contribution in [0.4, 0.5) is 0 Å². The fraction of sp³-hybridized carbons (Fsp3) is 0.417. The predicted octanol–water partition coefficient (Wildman–Crippen LogP) is 2.73. The van der Waals surface area contributed by atoms with Gasteiger partial charge in [0.1, 0.15) is 5.75 Å². The van der Waals surface area contributed by atoms with Crippen molar-refractivity contribution in [3.8, 4) is 5.75 Å². The van der Waals surface area contributed by atoms with E-state index in [-0.39, 0.29) is 12.0 Å².